The molecule has 32 heavy (non-hydrogen) atoms. The molecular formula is C25H30ClFN4O. The van der Waals surface area contributed by atoms with E-state index in [4.69, 9.17) is 5.73 Å². The number of hydrogen-bond acceptors (Lipinski definition) is 3. The van der Waals surface area contributed by atoms with Crippen molar-refractivity contribution in [2.24, 2.45) is 5.73 Å². The highest BCUT2D eigenvalue weighted by molar-refractivity contribution is 5.99. The summed E-state index contributed by atoms with van der Waals surface area (Å²) in [5.41, 5.74) is 9.45. The standard InChI is InChI=1S/C25H29FN4O.ClH/c26-19-5-3-16(4-6-19)17-1-2-18-14-24(29-23(18)13-17)25(31)28-21-11-12-30(15-21)22-9-7-20(27)8-10-22;/h1-6,13-14,20-22,29H,7-12,15,27H2,(H,28,31);1H/t20?,21-,22?;/m0./s1. The maximum Gasteiger partial charge on any atom is 0.267 e. The van der Waals surface area contributed by atoms with Gasteiger partial charge in [0.1, 0.15) is 11.5 Å². The van der Waals surface area contributed by atoms with Crippen molar-refractivity contribution in [1.29, 1.82) is 0 Å². The van der Waals surface area contributed by atoms with Gasteiger partial charge in [0.15, 0.2) is 0 Å². The van der Waals surface area contributed by atoms with Crippen LogP contribution in [0.5, 0.6) is 0 Å². The molecule has 5 rings (SSSR count). The number of carbonyl (C=O) groups excluding carboxylic acids is 1. The number of nitrogens with one attached hydrogen (secondary N) is 2. The minimum Gasteiger partial charge on any atom is -0.351 e. The largest absolute Gasteiger partial charge is 0.351 e. The average molecular weight is 457 g/mol. The first-order valence-corrected chi connectivity index (χ1v) is 11.2. The molecule has 2 aliphatic rings. The Morgan fingerprint density at radius 3 is 2.47 bits per heavy atom. The molecular weight excluding hydrogens is 427 g/mol. The molecule has 0 spiro atoms. The fraction of sp³-hybridized carbons (Fsp3) is 0.400. The third-order valence-electron chi connectivity index (χ3n) is 6.86. The molecule has 170 valence electrons. The number of nitrogens with two attached hydrogens (primary N) is 1. The Hall–Kier alpha value is -2.41. The van der Waals surface area contributed by atoms with E-state index in [1.807, 2.05) is 24.3 Å². The van der Waals surface area contributed by atoms with Crippen LogP contribution in [0.4, 0.5) is 4.39 Å². The first kappa shape index (κ1) is 22.8. The van der Waals surface area contributed by atoms with Crippen molar-refractivity contribution in [3.05, 3.63) is 60.0 Å². The number of aromatic nitrogens is 1. The SMILES string of the molecule is Cl.NC1CCC(N2CC[C@H](NC(=O)c3cc4ccc(-c5ccc(F)cc5)cc4[nH]3)C2)CC1. The number of amides is 1. The lowest BCUT2D eigenvalue weighted by molar-refractivity contribution is 0.0930. The molecule has 7 heteroatoms. The fourth-order valence-corrected chi connectivity index (χ4v) is 5.04. The molecule has 3 aromatic rings. The molecule has 2 heterocycles. The highest BCUT2D eigenvalue weighted by Gasteiger charge is 2.31. The highest BCUT2D eigenvalue weighted by atomic mass is 35.5. The van der Waals surface area contributed by atoms with Gasteiger partial charge >= 0.3 is 0 Å². The van der Waals surface area contributed by atoms with E-state index in [9.17, 15) is 9.18 Å². The van der Waals surface area contributed by atoms with Crippen LogP contribution in [0, 0.1) is 5.82 Å². The third-order valence-corrected chi connectivity index (χ3v) is 6.86. The van der Waals surface area contributed by atoms with E-state index in [1.54, 1.807) is 12.1 Å². The van der Waals surface area contributed by atoms with Crippen molar-refractivity contribution in [2.45, 2.75) is 50.2 Å². The molecule has 1 saturated carbocycles. The average Bonchev–Trinajstić information content (AvgIpc) is 3.41. The molecule has 1 aromatic heterocycles. The van der Waals surface area contributed by atoms with Crippen LogP contribution in [-0.2, 0) is 0 Å². The summed E-state index contributed by atoms with van der Waals surface area (Å²) in [5.74, 6) is -0.307. The van der Waals surface area contributed by atoms with Crippen LogP contribution in [0.1, 0.15) is 42.6 Å². The highest BCUT2D eigenvalue weighted by Crippen LogP contribution is 2.27. The topological polar surface area (TPSA) is 74.2 Å². The van der Waals surface area contributed by atoms with E-state index in [2.05, 4.69) is 15.2 Å². The van der Waals surface area contributed by atoms with Gasteiger partial charge in [-0.2, -0.15) is 0 Å². The van der Waals surface area contributed by atoms with E-state index < -0.39 is 0 Å². The minimum atomic E-state index is -0.249. The lowest BCUT2D eigenvalue weighted by Gasteiger charge is -2.33. The lowest BCUT2D eigenvalue weighted by atomic mass is 9.91. The molecule has 5 nitrogen and oxygen atoms in total. The van der Waals surface area contributed by atoms with E-state index >= 15 is 0 Å². The van der Waals surface area contributed by atoms with Gasteiger partial charge in [0.25, 0.3) is 5.91 Å². The Bertz CT molecular complexity index is 1080. The van der Waals surface area contributed by atoms with Crippen LogP contribution in [0.15, 0.2) is 48.5 Å². The quantitative estimate of drug-likeness (QED) is 0.542. The van der Waals surface area contributed by atoms with Crippen molar-refractivity contribution in [3.63, 3.8) is 0 Å². The van der Waals surface area contributed by atoms with Crippen molar-refractivity contribution < 1.29 is 9.18 Å². The Morgan fingerprint density at radius 2 is 1.72 bits per heavy atom. The summed E-state index contributed by atoms with van der Waals surface area (Å²) in [5, 5.41) is 4.20. The Kier molecular flexibility index (Phi) is 6.84. The molecule has 0 radical (unpaired) electrons. The molecule has 1 aliphatic heterocycles. The van der Waals surface area contributed by atoms with Crippen LogP contribution in [0.25, 0.3) is 22.0 Å². The van der Waals surface area contributed by atoms with Crippen LogP contribution in [0.3, 0.4) is 0 Å². The summed E-state index contributed by atoms with van der Waals surface area (Å²) < 4.78 is 13.2. The number of carbonyl (C=O) groups is 1. The van der Waals surface area contributed by atoms with Crippen LogP contribution in [0.2, 0.25) is 0 Å². The smallest absolute Gasteiger partial charge is 0.267 e. The number of halogens is 2. The van der Waals surface area contributed by atoms with Gasteiger partial charge in [0, 0.05) is 42.1 Å². The molecule has 1 aliphatic carbocycles. The molecule has 1 amide bonds. The van der Waals surface area contributed by atoms with E-state index in [0.29, 0.717) is 17.8 Å². The van der Waals surface area contributed by atoms with Gasteiger partial charge in [-0.15, -0.1) is 12.4 Å². The maximum absolute atomic E-state index is 13.2. The first-order valence-electron chi connectivity index (χ1n) is 11.2. The van der Waals surface area contributed by atoms with Crippen molar-refractivity contribution in [1.82, 2.24) is 15.2 Å². The minimum absolute atomic E-state index is 0. The van der Waals surface area contributed by atoms with Gasteiger partial charge < -0.3 is 16.0 Å². The molecule has 2 fully saturated rings. The van der Waals surface area contributed by atoms with Crippen molar-refractivity contribution in [2.75, 3.05) is 13.1 Å². The summed E-state index contributed by atoms with van der Waals surface area (Å²) in [7, 11) is 0. The van der Waals surface area contributed by atoms with Gasteiger partial charge in [0.2, 0.25) is 0 Å². The summed E-state index contributed by atoms with van der Waals surface area (Å²) in [6, 6.07) is 15.5. The number of H-pyrrole nitrogens is 1. The summed E-state index contributed by atoms with van der Waals surface area (Å²) >= 11 is 0. The van der Waals surface area contributed by atoms with Crippen molar-refractivity contribution in [3.8, 4) is 11.1 Å². The predicted octanol–water partition coefficient (Wildman–Crippen LogP) is 4.47. The second-order valence-electron chi connectivity index (χ2n) is 9.01. The number of hydrogen-bond donors (Lipinski definition) is 3. The molecule has 1 saturated heterocycles. The van der Waals surface area contributed by atoms with E-state index in [0.717, 1.165) is 54.4 Å². The number of aromatic amines is 1. The Labute approximate surface area is 194 Å². The maximum atomic E-state index is 13.2. The normalized spacial score (nSPS) is 23.8. The zero-order valence-electron chi connectivity index (χ0n) is 18.0. The number of benzene rings is 2. The molecule has 0 bridgehead atoms. The number of fused-ring (bicyclic) bond motifs is 1. The second-order valence-corrected chi connectivity index (χ2v) is 9.01. The van der Waals surface area contributed by atoms with Crippen LogP contribution < -0.4 is 11.1 Å². The number of nitrogens with zero attached hydrogens (tertiary/aromatic N) is 1. The van der Waals surface area contributed by atoms with Crippen LogP contribution >= 0.6 is 12.4 Å². The third kappa shape index (κ3) is 4.82. The molecule has 0 unspecified atom stereocenters. The van der Waals surface area contributed by atoms with Crippen molar-refractivity contribution >= 4 is 29.2 Å². The fourth-order valence-electron chi connectivity index (χ4n) is 5.04. The van der Waals surface area contributed by atoms with Gasteiger partial charge in [-0.1, -0.05) is 24.3 Å². The molecule has 4 N–H and O–H groups in total. The van der Waals surface area contributed by atoms with E-state index in [1.165, 1.54) is 25.0 Å². The van der Waals surface area contributed by atoms with Gasteiger partial charge in [-0.25, -0.2) is 4.39 Å². The first-order chi connectivity index (χ1) is 15.0. The number of rotatable bonds is 4. The van der Waals surface area contributed by atoms with Crippen LogP contribution in [-0.4, -0.2) is 47.0 Å². The zero-order valence-corrected chi connectivity index (χ0v) is 18.8. The summed E-state index contributed by atoms with van der Waals surface area (Å²) in [4.78, 5) is 18.7. The Balaban J connectivity index is 0.00000245. The monoisotopic (exact) mass is 456 g/mol. The lowest BCUT2D eigenvalue weighted by Crippen LogP contribution is -2.42. The number of likely N-dealkylation sites (tertiary alicyclic amines) is 1. The van der Waals surface area contributed by atoms with Gasteiger partial charge in [0.05, 0.1) is 0 Å². The molecule has 1 atom stereocenters. The van der Waals surface area contributed by atoms with Gasteiger partial charge in [-0.05, 0) is 67.5 Å². The van der Waals surface area contributed by atoms with Gasteiger partial charge in [-0.3, -0.25) is 9.69 Å². The zero-order chi connectivity index (χ0) is 21.4. The second kappa shape index (κ2) is 9.61. The summed E-state index contributed by atoms with van der Waals surface area (Å²) in [6.45, 7) is 1.96. The predicted molar refractivity (Wildman–Crippen MR) is 129 cm³/mol. The molecule has 2 aromatic carbocycles. The summed E-state index contributed by atoms with van der Waals surface area (Å²) in [6.07, 6.45) is 5.53. The van der Waals surface area contributed by atoms with E-state index in [-0.39, 0.29) is 30.2 Å². The Morgan fingerprint density at radius 1 is 1.00 bits per heavy atom.